The molecular weight excluding hydrogens is 368 g/mol. The number of pyridine rings is 1. The summed E-state index contributed by atoms with van der Waals surface area (Å²) in [6, 6.07) is 16.2. The van der Waals surface area contributed by atoms with E-state index in [1.54, 1.807) is 24.5 Å². The molecule has 0 aliphatic rings. The molecule has 0 bridgehead atoms. The van der Waals surface area contributed by atoms with E-state index in [9.17, 15) is 14.9 Å². The lowest BCUT2D eigenvalue weighted by Gasteiger charge is -2.11. The van der Waals surface area contributed by atoms with Gasteiger partial charge >= 0.3 is 0 Å². The summed E-state index contributed by atoms with van der Waals surface area (Å²) < 4.78 is 0. The summed E-state index contributed by atoms with van der Waals surface area (Å²) in [5.41, 5.74) is 3.55. The van der Waals surface area contributed by atoms with Crippen molar-refractivity contribution in [2.45, 2.75) is 26.4 Å². The lowest BCUT2D eigenvalue weighted by Crippen LogP contribution is -2.30. The molecule has 0 atom stereocenters. The minimum absolute atomic E-state index is 0.0472. The van der Waals surface area contributed by atoms with Gasteiger partial charge in [0, 0.05) is 36.6 Å². The van der Waals surface area contributed by atoms with Gasteiger partial charge in [-0.3, -0.25) is 19.9 Å². The molecule has 7 nitrogen and oxygen atoms in total. The van der Waals surface area contributed by atoms with Crippen molar-refractivity contribution in [1.29, 1.82) is 0 Å². The Morgan fingerprint density at radius 2 is 1.86 bits per heavy atom. The van der Waals surface area contributed by atoms with Crippen LogP contribution < -0.4 is 10.6 Å². The van der Waals surface area contributed by atoms with Crippen LogP contribution in [0.3, 0.4) is 0 Å². The zero-order valence-corrected chi connectivity index (χ0v) is 16.3. The number of nitrogens with zero attached hydrogens (tertiary/aromatic N) is 2. The van der Waals surface area contributed by atoms with Gasteiger partial charge in [0.25, 0.3) is 11.6 Å². The Hall–Kier alpha value is -3.74. The molecule has 0 aliphatic heterocycles. The molecule has 148 valence electrons. The fourth-order valence-corrected chi connectivity index (χ4v) is 2.86. The molecule has 0 saturated carbocycles. The molecule has 0 unspecified atom stereocenters. The molecule has 0 fully saturated rings. The summed E-state index contributed by atoms with van der Waals surface area (Å²) in [5, 5.41) is 17.3. The highest BCUT2D eigenvalue weighted by Gasteiger charge is 2.18. The van der Waals surface area contributed by atoms with Crippen LogP contribution in [0.4, 0.5) is 11.4 Å². The Bertz CT molecular complexity index is 1000. The number of anilines is 1. The molecule has 3 aromatic rings. The van der Waals surface area contributed by atoms with E-state index in [-0.39, 0.29) is 23.2 Å². The molecule has 1 heterocycles. The van der Waals surface area contributed by atoms with Crippen molar-refractivity contribution in [1.82, 2.24) is 10.3 Å². The van der Waals surface area contributed by atoms with Gasteiger partial charge in [-0.05, 0) is 48.7 Å². The van der Waals surface area contributed by atoms with E-state index < -0.39 is 4.92 Å². The van der Waals surface area contributed by atoms with E-state index in [2.05, 4.69) is 15.6 Å². The number of nitro groups is 1. The SMILES string of the molecule is CC(C)NC(=O)c1ccc(NCc2ccc(-c3cccnc3)cc2)c([N+](=O)[O-])c1. The van der Waals surface area contributed by atoms with Crippen molar-refractivity contribution in [3.05, 3.63) is 88.2 Å². The number of benzene rings is 2. The molecule has 0 aliphatic carbocycles. The quantitative estimate of drug-likeness (QED) is 0.460. The molecule has 2 N–H and O–H groups in total. The van der Waals surface area contributed by atoms with Gasteiger partial charge in [-0.1, -0.05) is 30.3 Å². The molecule has 1 amide bonds. The maximum absolute atomic E-state index is 12.1. The van der Waals surface area contributed by atoms with Gasteiger partial charge in [0.15, 0.2) is 0 Å². The number of aromatic nitrogens is 1. The van der Waals surface area contributed by atoms with E-state index >= 15 is 0 Å². The number of rotatable bonds is 7. The first-order valence-electron chi connectivity index (χ1n) is 9.26. The third-order valence-corrected chi connectivity index (χ3v) is 4.31. The average Bonchev–Trinajstić information content (AvgIpc) is 2.72. The van der Waals surface area contributed by atoms with Crippen LogP contribution in [0, 0.1) is 10.1 Å². The Labute approximate surface area is 169 Å². The van der Waals surface area contributed by atoms with Crippen molar-refractivity contribution >= 4 is 17.3 Å². The van der Waals surface area contributed by atoms with E-state index in [1.807, 2.05) is 50.2 Å². The zero-order valence-electron chi connectivity index (χ0n) is 16.3. The number of carbonyl (C=O) groups excluding carboxylic acids is 1. The van der Waals surface area contributed by atoms with Crippen molar-refractivity contribution in [3.63, 3.8) is 0 Å². The molecule has 3 rings (SSSR count). The smallest absolute Gasteiger partial charge is 0.293 e. The Morgan fingerprint density at radius 3 is 2.48 bits per heavy atom. The molecule has 1 aromatic heterocycles. The number of nitro benzene ring substituents is 1. The first kappa shape index (κ1) is 20.0. The highest BCUT2D eigenvalue weighted by molar-refractivity contribution is 5.95. The maximum atomic E-state index is 12.1. The molecule has 29 heavy (non-hydrogen) atoms. The Morgan fingerprint density at radius 1 is 1.10 bits per heavy atom. The van der Waals surface area contributed by atoms with E-state index in [0.29, 0.717) is 12.2 Å². The topological polar surface area (TPSA) is 97.2 Å². The van der Waals surface area contributed by atoms with Crippen LogP contribution in [0.25, 0.3) is 11.1 Å². The van der Waals surface area contributed by atoms with Crippen LogP contribution in [0.15, 0.2) is 67.0 Å². The van der Waals surface area contributed by atoms with E-state index in [4.69, 9.17) is 0 Å². The second-order valence-corrected chi connectivity index (χ2v) is 6.91. The molecule has 2 aromatic carbocycles. The average molecular weight is 390 g/mol. The van der Waals surface area contributed by atoms with Crippen LogP contribution in [0.1, 0.15) is 29.8 Å². The first-order valence-corrected chi connectivity index (χ1v) is 9.26. The van der Waals surface area contributed by atoms with Crippen molar-refractivity contribution in [2.75, 3.05) is 5.32 Å². The molecule has 0 spiro atoms. The molecule has 0 saturated heterocycles. The second-order valence-electron chi connectivity index (χ2n) is 6.91. The van der Waals surface area contributed by atoms with Gasteiger partial charge in [0.2, 0.25) is 0 Å². The summed E-state index contributed by atoms with van der Waals surface area (Å²) in [7, 11) is 0. The summed E-state index contributed by atoms with van der Waals surface area (Å²) in [6.07, 6.45) is 3.53. The van der Waals surface area contributed by atoms with E-state index in [0.717, 1.165) is 16.7 Å². The zero-order chi connectivity index (χ0) is 20.8. The predicted molar refractivity (Wildman–Crippen MR) is 113 cm³/mol. The van der Waals surface area contributed by atoms with Crippen molar-refractivity contribution in [2.24, 2.45) is 0 Å². The highest BCUT2D eigenvalue weighted by atomic mass is 16.6. The molecule has 7 heteroatoms. The summed E-state index contributed by atoms with van der Waals surface area (Å²) in [4.78, 5) is 27.2. The number of nitrogens with one attached hydrogen (secondary N) is 2. The van der Waals surface area contributed by atoms with Gasteiger partial charge in [-0.25, -0.2) is 0 Å². The fourth-order valence-electron chi connectivity index (χ4n) is 2.86. The standard InChI is InChI=1S/C22H22N4O3/c1-15(2)25-22(27)18-9-10-20(21(12-18)26(28)29)24-13-16-5-7-17(8-6-16)19-4-3-11-23-14-19/h3-12,14-15,24H,13H2,1-2H3,(H,25,27). The number of hydrogen-bond donors (Lipinski definition) is 2. The Balaban J connectivity index is 1.73. The van der Waals surface area contributed by atoms with Crippen LogP contribution in [-0.2, 0) is 6.54 Å². The highest BCUT2D eigenvalue weighted by Crippen LogP contribution is 2.26. The maximum Gasteiger partial charge on any atom is 0.293 e. The summed E-state index contributed by atoms with van der Waals surface area (Å²) in [5.74, 6) is -0.333. The van der Waals surface area contributed by atoms with Gasteiger partial charge in [0.05, 0.1) is 4.92 Å². The van der Waals surface area contributed by atoms with Crippen molar-refractivity contribution in [3.8, 4) is 11.1 Å². The van der Waals surface area contributed by atoms with Gasteiger partial charge in [-0.2, -0.15) is 0 Å². The monoisotopic (exact) mass is 390 g/mol. The van der Waals surface area contributed by atoms with Crippen LogP contribution in [0.5, 0.6) is 0 Å². The minimum atomic E-state index is -0.486. The number of amides is 1. The lowest BCUT2D eigenvalue weighted by molar-refractivity contribution is -0.384. The largest absolute Gasteiger partial charge is 0.375 e. The third kappa shape index (κ3) is 5.16. The van der Waals surface area contributed by atoms with E-state index in [1.165, 1.54) is 6.07 Å². The van der Waals surface area contributed by atoms with Crippen LogP contribution in [-0.4, -0.2) is 21.9 Å². The van der Waals surface area contributed by atoms with Gasteiger partial charge < -0.3 is 10.6 Å². The normalized spacial score (nSPS) is 10.6. The molecular formula is C22H22N4O3. The number of hydrogen-bond acceptors (Lipinski definition) is 5. The second kappa shape index (κ2) is 8.97. The van der Waals surface area contributed by atoms with Gasteiger partial charge in [-0.15, -0.1) is 0 Å². The summed E-state index contributed by atoms with van der Waals surface area (Å²) in [6.45, 7) is 4.09. The lowest BCUT2D eigenvalue weighted by atomic mass is 10.1. The summed E-state index contributed by atoms with van der Waals surface area (Å²) >= 11 is 0. The van der Waals surface area contributed by atoms with Crippen molar-refractivity contribution < 1.29 is 9.72 Å². The van der Waals surface area contributed by atoms with Crippen LogP contribution in [0.2, 0.25) is 0 Å². The first-order chi connectivity index (χ1) is 13.9. The van der Waals surface area contributed by atoms with Gasteiger partial charge in [0.1, 0.15) is 5.69 Å². The fraction of sp³-hybridized carbons (Fsp3) is 0.182. The predicted octanol–water partition coefficient (Wildman–Crippen LogP) is 4.41. The number of carbonyl (C=O) groups is 1. The Kier molecular flexibility index (Phi) is 6.19. The minimum Gasteiger partial charge on any atom is -0.375 e. The third-order valence-electron chi connectivity index (χ3n) is 4.31. The van der Waals surface area contributed by atoms with Crippen LogP contribution >= 0.6 is 0 Å². The molecule has 0 radical (unpaired) electrons.